The predicted octanol–water partition coefficient (Wildman–Crippen LogP) is 6.72. The van der Waals surface area contributed by atoms with E-state index in [-0.39, 0.29) is 5.41 Å². The Labute approximate surface area is 150 Å². The summed E-state index contributed by atoms with van der Waals surface area (Å²) in [5.74, 6) is 0. The predicted molar refractivity (Wildman–Crippen MR) is 108 cm³/mol. The maximum Gasteiger partial charge on any atom is 0.00970 e. The average molecular weight is 322 g/mol. The van der Waals surface area contributed by atoms with Crippen molar-refractivity contribution in [3.05, 3.63) is 114 Å². The van der Waals surface area contributed by atoms with E-state index in [4.69, 9.17) is 0 Å². The Morgan fingerprint density at radius 1 is 0.520 bits per heavy atom. The lowest BCUT2D eigenvalue weighted by atomic mass is 9.81. The molecule has 3 aromatic carbocycles. The van der Waals surface area contributed by atoms with Crippen LogP contribution < -0.4 is 0 Å². The summed E-state index contributed by atoms with van der Waals surface area (Å²) < 4.78 is 0. The van der Waals surface area contributed by atoms with Gasteiger partial charge in [0.25, 0.3) is 0 Å². The molecule has 0 radical (unpaired) electrons. The van der Waals surface area contributed by atoms with Gasteiger partial charge < -0.3 is 0 Å². The van der Waals surface area contributed by atoms with E-state index >= 15 is 0 Å². The summed E-state index contributed by atoms with van der Waals surface area (Å²) in [5, 5.41) is 0. The topological polar surface area (TPSA) is 0 Å². The Kier molecular flexibility index (Phi) is 3.89. The minimum atomic E-state index is -0.0162. The summed E-state index contributed by atoms with van der Waals surface area (Å²) in [6.07, 6.45) is 2.42. The van der Waals surface area contributed by atoms with Crippen LogP contribution in [0.15, 0.2) is 97.1 Å². The summed E-state index contributed by atoms with van der Waals surface area (Å²) in [6.45, 7) is 4.63. The van der Waals surface area contributed by atoms with Gasteiger partial charge in [-0.25, -0.2) is 0 Å². The van der Waals surface area contributed by atoms with Gasteiger partial charge in [-0.3, -0.25) is 0 Å². The quantitative estimate of drug-likeness (QED) is 0.502. The zero-order chi connectivity index (χ0) is 17.3. The highest BCUT2D eigenvalue weighted by Crippen LogP contribution is 2.53. The Bertz CT molecular complexity index is 927. The van der Waals surface area contributed by atoms with E-state index in [1.54, 1.807) is 0 Å². The smallest absolute Gasteiger partial charge is 0.00970 e. The molecule has 0 amide bonds. The van der Waals surface area contributed by atoms with Crippen LogP contribution >= 0.6 is 0 Å². The summed E-state index contributed by atoms with van der Waals surface area (Å²) in [6, 6.07) is 32.3. The molecule has 1 aliphatic rings. The fourth-order valence-electron chi connectivity index (χ4n) is 3.83. The van der Waals surface area contributed by atoms with Gasteiger partial charge in [0.05, 0.1) is 0 Å². The Balaban J connectivity index is 2.01. The molecular weight excluding hydrogens is 300 g/mol. The highest BCUT2D eigenvalue weighted by Gasteiger charge is 2.34. The second-order valence-electron chi connectivity index (χ2n) is 7.13. The van der Waals surface area contributed by atoms with Gasteiger partial charge in [0.2, 0.25) is 0 Å². The lowest BCUT2D eigenvalue weighted by molar-refractivity contribution is 0.660. The molecule has 0 fully saturated rings. The lowest BCUT2D eigenvalue weighted by Gasteiger charge is -2.23. The minimum Gasteiger partial charge on any atom is -0.0659 e. The summed E-state index contributed by atoms with van der Waals surface area (Å²) in [7, 11) is 0. The molecule has 122 valence electrons. The van der Waals surface area contributed by atoms with Crippen LogP contribution in [0, 0.1) is 5.41 Å². The third-order valence-electron chi connectivity index (χ3n) is 4.88. The van der Waals surface area contributed by atoms with Crippen molar-refractivity contribution >= 4 is 16.7 Å². The van der Waals surface area contributed by atoms with Crippen molar-refractivity contribution in [3.8, 4) is 0 Å². The molecule has 0 heteroatoms. The van der Waals surface area contributed by atoms with Crippen molar-refractivity contribution in [3.63, 3.8) is 0 Å². The fourth-order valence-corrected chi connectivity index (χ4v) is 3.83. The van der Waals surface area contributed by atoms with Crippen molar-refractivity contribution < 1.29 is 0 Å². The van der Waals surface area contributed by atoms with E-state index in [1.165, 1.54) is 33.4 Å². The maximum atomic E-state index is 2.42. The van der Waals surface area contributed by atoms with Crippen molar-refractivity contribution in [1.82, 2.24) is 0 Å². The number of rotatable bonds is 3. The van der Waals surface area contributed by atoms with Gasteiger partial charge in [-0.05, 0) is 33.4 Å². The van der Waals surface area contributed by atoms with Crippen LogP contribution in [0.25, 0.3) is 16.7 Å². The third kappa shape index (κ3) is 2.85. The van der Waals surface area contributed by atoms with Crippen LogP contribution in [0.5, 0.6) is 0 Å². The molecule has 1 aliphatic carbocycles. The van der Waals surface area contributed by atoms with Gasteiger partial charge in [-0.15, -0.1) is 0 Å². The molecule has 0 heterocycles. The van der Waals surface area contributed by atoms with Gasteiger partial charge in [0.15, 0.2) is 0 Å². The molecule has 0 spiro atoms. The molecule has 0 bridgehead atoms. The van der Waals surface area contributed by atoms with E-state index in [0.29, 0.717) is 0 Å². The lowest BCUT2D eigenvalue weighted by Crippen LogP contribution is -2.08. The van der Waals surface area contributed by atoms with Gasteiger partial charge in [-0.2, -0.15) is 0 Å². The van der Waals surface area contributed by atoms with Crippen LogP contribution in [0.3, 0.4) is 0 Å². The highest BCUT2D eigenvalue weighted by atomic mass is 14.4. The SMILES string of the molecule is CC1(C)C=C(c2ccccc2)C(c2ccccc2)=C1c1ccccc1. The van der Waals surface area contributed by atoms with Crippen LogP contribution in [0.1, 0.15) is 30.5 Å². The number of hydrogen-bond donors (Lipinski definition) is 0. The molecule has 0 aromatic heterocycles. The molecule has 3 aromatic rings. The largest absolute Gasteiger partial charge is 0.0659 e. The molecule has 25 heavy (non-hydrogen) atoms. The molecule has 0 aliphatic heterocycles. The van der Waals surface area contributed by atoms with Crippen LogP contribution in [-0.2, 0) is 0 Å². The first-order valence-corrected chi connectivity index (χ1v) is 8.81. The zero-order valence-electron chi connectivity index (χ0n) is 14.7. The number of benzene rings is 3. The van der Waals surface area contributed by atoms with Crippen LogP contribution in [-0.4, -0.2) is 0 Å². The molecule has 0 atom stereocenters. The molecular formula is C25H22. The fraction of sp³-hybridized carbons (Fsp3) is 0.120. The van der Waals surface area contributed by atoms with Gasteiger partial charge in [0.1, 0.15) is 0 Å². The van der Waals surface area contributed by atoms with Gasteiger partial charge in [-0.1, -0.05) is 111 Å². The average Bonchev–Trinajstić information content (AvgIpc) is 2.95. The summed E-state index contributed by atoms with van der Waals surface area (Å²) >= 11 is 0. The van der Waals surface area contributed by atoms with Crippen LogP contribution in [0.2, 0.25) is 0 Å². The first-order valence-electron chi connectivity index (χ1n) is 8.81. The Hall–Kier alpha value is -2.86. The standard InChI is InChI=1S/C25H22/c1-25(2)18-22(19-12-6-3-7-13-19)23(20-14-8-4-9-15-20)24(25)21-16-10-5-11-17-21/h3-18H,1-2H3. The van der Waals surface area contributed by atoms with Crippen molar-refractivity contribution in [2.45, 2.75) is 13.8 Å². The summed E-state index contributed by atoms with van der Waals surface area (Å²) in [4.78, 5) is 0. The van der Waals surface area contributed by atoms with Crippen molar-refractivity contribution in [2.24, 2.45) is 5.41 Å². The first-order chi connectivity index (χ1) is 12.2. The van der Waals surface area contributed by atoms with Crippen LogP contribution in [0.4, 0.5) is 0 Å². The van der Waals surface area contributed by atoms with E-state index < -0.39 is 0 Å². The highest BCUT2D eigenvalue weighted by molar-refractivity contribution is 6.19. The second-order valence-corrected chi connectivity index (χ2v) is 7.13. The second kappa shape index (κ2) is 6.22. The van der Waals surface area contributed by atoms with E-state index in [2.05, 4.69) is 111 Å². The number of allylic oxidation sites excluding steroid dienone is 4. The monoisotopic (exact) mass is 322 g/mol. The maximum absolute atomic E-state index is 2.42. The molecule has 0 N–H and O–H groups in total. The Morgan fingerprint density at radius 3 is 1.48 bits per heavy atom. The molecule has 0 saturated carbocycles. The van der Waals surface area contributed by atoms with E-state index in [1.807, 2.05) is 0 Å². The minimum absolute atomic E-state index is 0.0162. The number of hydrogen-bond acceptors (Lipinski definition) is 0. The van der Waals surface area contributed by atoms with Crippen molar-refractivity contribution in [2.75, 3.05) is 0 Å². The van der Waals surface area contributed by atoms with E-state index in [0.717, 1.165) is 0 Å². The van der Waals surface area contributed by atoms with Gasteiger partial charge >= 0.3 is 0 Å². The van der Waals surface area contributed by atoms with E-state index in [9.17, 15) is 0 Å². The molecule has 0 nitrogen and oxygen atoms in total. The van der Waals surface area contributed by atoms with Gasteiger partial charge in [0, 0.05) is 5.41 Å². The Morgan fingerprint density at radius 2 is 0.960 bits per heavy atom. The first kappa shape index (κ1) is 15.7. The molecule has 0 unspecified atom stereocenters. The molecule has 4 rings (SSSR count). The zero-order valence-corrected chi connectivity index (χ0v) is 14.7. The normalized spacial score (nSPS) is 16.0. The summed E-state index contributed by atoms with van der Waals surface area (Å²) in [5.41, 5.74) is 7.92. The molecule has 0 saturated heterocycles. The third-order valence-corrected chi connectivity index (χ3v) is 4.88. The van der Waals surface area contributed by atoms with Crippen molar-refractivity contribution in [1.29, 1.82) is 0 Å².